The van der Waals surface area contributed by atoms with Gasteiger partial charge in [0.05, 0.1) is 16.3 Å². The number of hydrogen-bond acceptors (Lipinski definition) is 3. The zero-order valence-electron chi connectivity index (χ0n) is 9.80. The molecule has 0 aliphatic carbocycles. The van der Waals surface area contributed by atoms with Crippen molar-refractivity contribution >= 4 is 23.4 Å². The molecule has 0 aromatic heterocycles. The molecule has 1 saturated heterocycles. The number of nitrogens with zero attached hydrogens (tertiary/aromatic N) is 1. The van der Waals surface area contributed by atoms with Gasteiger partial charge in [-0.25, -0.2) is 9.18 Å². The Morgan fingerprint density at radius 2 is 2.33 bits per heavy atom. The summed E-state index contributed by atoms with van der Waals surface area (Å²) < 4.78 is 19.6. The molecule has 18 heavy (non-hydrogen) atoms. The monoisotopic (exact) mass is 270 g/mol. The molecule has 2 aliphatic rings. The number of anilines is 1. The lowest BCUT2D eigenvalue weighted by molar-refractivity contribution is 0.0181. The minimum absolute atomic E-state index is 0.0439. The third-order valence-electron chi connectivity index (χ3n) is 3.50. The number of likely N-dealkylation sites (tertiary alicyclic amines) is 1. The summed E-state index contributed by atoms with van der Waals surface area (Å²) in [6.45, 7) is 1.23. The van der Waals surface area contributed by atoms with Crippen molar-refractivity contribution in [2.24, 2.45) is 0 Å². The van der Waals surface area contributed by atoms with E-state index in [9.17, 15) is 9.18 Å². The van der Waals surface area contributed by atoms with Gasteiger partial charge in [-0.15, -0.1) is 0 Å². The number of amides is 1. The van der Waals surface area contributed by atoms with E-state index in [1.807, 2.05) is 11.9 Å². The Morgan fingerprint density at radius 3 is 3.00 bits per heavy atom. The number of nitrogens with one attached hydrogen (secondary N) is 1. The lowest BCUT2D eigenvalue weighted by Crippen LogP contribution is -2.42. The molecular weight excluding hydrogens is 259 g/mol. The van der Waals surface area contributed by atoms with Gasteiger partial charge in [-0.3, -0.25) is 5.32 Å². The van der Waals surface area contributed by atoms with E-state index < -0.39 is 17.5 Å². The fourth-order valence-electron chi connectivity index (χ4n) is 2.72. The fourth-order valence-corrected chi connectivity index (χ4v) is 2.87. The number of ether oxygens (including phenoxy) is 1. The van der Waals surface area contributed by atoms with Crippen LogP contribution in [-0.2, 0) is 10.3 Å². The van der Waals surface area contributed by atoms with Crippen molar-refractivity contribution in [1.29, 1.82) is 0 Å². The van der Waals surface area contributed by atoms with Crippen molar-refractivity contribution < 1.29 is 13.9 Å². The lowest BCUT2D eigenvalue weighted by atomic mass is 9.89. The van der Waals surface area contributed by atoms with Crippen LogP contribution in [0.4, 0.5) is 14.9 Å². The molecule has 1 N–H and O–H groups in total. The van der Waals surface area contributed by atoms with Gasteiger partial charge in [-0.2, -0.15) is 0 Å². The normalized spacial score (nSPS) is 26.9. The number of halogens is 2. The summed E-state index contributed by atoms with van der Waals surface area (Å²) in [6.07, 6.45) is 0.0285. The van der Waals surface area contributed by atoms with Crippen LogP contribution in [0.1, 0.15) is 12.0 Å². The van der Waals surface area contributed by atoms with Crippen LogP contribution >= 0.6 is 11.6 Å². The summed E-state index contributed by atoms with van der Waals surface area (Å²) in [5.41, 5.74) is -0.107. The molecule has 2 heterocycles. The minimum atomic E-state index is -0.915. The first-order valence-corrected chi connectivity index (χ1v) is 6.07. The molecule has 3 rings (SSSR count). The molecular formula is C12H12ClFN2O2. The predicted molar refractivity (Wildman–Crippen MR) is 65.3 cm³/mol. The maximum atomic E-state index is 14.3. The van der Waals surface area contributed by atoms with E-state index in [2.05, 4.69) is 5.32 Å². The van der Waals surface area contributed by atoms with E-state index in [0.717, 1.165) is 6.54 Å². The van der Waals surface area contributed by atoms with Crippen LogP contribution < -0.4 is 5.32 Å². The van der Waals surface area contributed by atoms with E-state index in [-0.39, 0.29) is 5.02 Å². The van der Waals surface area contributed by atoms with Gasteiger partial charge in [0, 0.05) is 19.5 Å². The standard InChI is InChI=1S/C12H12ClFN2O2/c1-16-5-4-12(6-16)9-8(15-11(17)18-12)3-2-7(13)10(9)14/h2-3H,4-6H2,1H3,(H,15,17)/t12-/m1/s1. The molecule has 6 heteroatoms. The third-order valence-corrected chi connectivity index (χ3v) is 3.79. The van der Waals surface area contributed by atoms with Gasteiger partial charge in [-0.1, -0.05) is 11.6 Å². The Kier molecular flexibility index (Phi) is 2.50. The van der Waals surface area contributed by atoms with Gasteiger partial charge < -0.3 is 9.64 Å². The molecule has 96 valence electrons. The highest BCUT2D eigenvalue weighted by Crippen LogP contribution is 2.45. The van der Waals surface area contributed by atoms with Gasteiger partial charge in [0.15, 0.2) is 11.4 Å². The second kappa shape index (κ2) is 3.83. The summed E-state index contributed by atoms with van der Waals surface area (Å²) >= 11 is 5.82. The minimum Gasteiger partial charge on any atom is -0.436 e. The summed E-state index contributed by atoms with van der Waals surface area (Å²) in [5, 5.41) is 2.56. The summed E-state index contributed by atoms with van der Waals surface area (Å²) in [4.78, 5) is 13.6. The van der Waals surface area contributed by atoms with E-state index in [1.165, 1.54) is 6.07 Å². The maximum absolute atomic E-state index is 14.3. The lowest BCUT2D eigenvalue weighted by Gasteiger charge is -2.35. The Balaban J connectivity index is 2.20. The molecule has 1 aromatic rings. The van der Waals surface area contributed by atoms with E-state index >= 15 is 0 Å². The highest BCUT2D eigenvalue weighted by molar-refractivity contribution is 6.31. The number of fused-ring (bicyclic) bond motifs is 2. The third kappa shape index (κ3) is 1.58. The van der Waals surface area contributed by atoms with E-state index in [4.69, 9.17) is 16.3 Å². The second-order valence-electron chi connectivity index (χ2n) is 4.78. The van der Waals surface area contributed by atoms with Crippen LogP contribution in [0.15, 0.2) is 12.1 Å². The van der Waals surface area contributed by atoms with Crippen LogP contribution in [0, 0.1) is 5.82 Å². The number of hydrogen-bond donors (Lipinski definition) is 1. The molecule has 0 radical (unpaired) electrons. The van der Waals surface area contributed by atoms with Crippen molar-refractivity contribution in [2.75, 3.05) is 25.5 Å². The van der Waals surface area contributed by atoms with Gasteiger partial charge >= 0.3 is 6.09 Å². The average molecular weight is 271 g/mol. The van der Waals surface area contributed by atoms with Crippen LogP contribution in [0.25, 0.3) is 0 Å². The highest BCUT2D eigenvalue weighted by Gasteiger charge is 2.48. The SMILES string of the molecule is CN1CC[C@]2(C1)OC(=O)Nc1ccc(Cl)c(F)c12. The molecule has 1 aromatic carbocycles. The molecule has 0 bridgehead atoms. The Labute approximate surface area is 109 Å². The van der Waals surface area contributed by atoms with Crippen molar-refractivity contribution in [1.82, 2.24) is 4.90 Å². The summed E-state index contributed by atoms with van der Waals surface area (Å²) in [7, 11) is 1.91. The largest absolute Gasteiger partial charge is 0.436 e. The molecule has 2 aliphatic heterocycles. The summed E-state index contributed by atoms with van der Waals surface area (Å²) in [6, 6.07) is 3.05. The first-order valence-electron chi connectivity index (χ1n) is 5.69. The highest BCUT2D eigenvalue weighted by atomic mass is 35.5. The smallest absolute Gasteiger partial charge is 0.412 e. The number of carbonyl (C=O) groups excluding carboxylic acids is 1. The quantitative estimate of drug-likeness (QED) is 0.788. The number of rotatable bonds is 0. The van der Waals surface area contributed by atoms with Crippen molar-refractivity contribution in [3.05, 3.63) is 28.5 Å². The Morgan fingerprint density at radius 1 is 1.56 bits per heavy atom. The fraction of sp³-hybridized carbons (Fsp3) is 0.417. The van der Waals surface area contributed by atoms with Crippen LogP contribution in [0.2, 0.25) is 5.02 Å². The van der Waals surface area contributed by atoms with Crippen LogP contribution in [0.3, 0.4) is 0 Å². The van der Waals surface area contributed by atoms with Crippen LogP contribution in [0.5, 0.6) is 0 Å². The first kappa shape index (κ1) is 11.7. The van der Waals surface area contributed by atoms with Crippen molar-refractivity contribution in [3.8, 4) is 0 Å². The van der Waals surface area contributed by atoms with Crippen molar-refractivity contribution in [3.63, 3.8) is 0 Å². The van der Waals surface area contributed by atoms with Gasteiger partial charge in [0.2, 0.25) is 0 Å². The predicted octanol–water partition coefficient (Wildman–Crippen LogP) is 2.57. The van der Waals surface area contributed by atoms with E-state index in [0.29, 0.717) is 24.2 Å². The number of benzene rings is 1. The number of carbonyl (C=O) groups is 1. The molecule has 0 saturated carbocycles. The Bertz CT molecular complexity index is 537. The second-order valence-corrected chi connectivity index (χ2v) is 5.19. The van der Waals surface area contributed by atoms with Gasteiger partial charge in [0.1, 0.15) is 0 Å². The topological polar surface area (TPSA) is 41.6 Å². The zero-order chi connectivity index (χ0) is 12.9. The molecule has 0 unspecified atom stereocenters. The van der Waals surface area contributed by atoms with Gasteiger partial charge in [-0.05, 0) is 19.2 Å². The molecule has 1 fully saturated rings. The molecule has 1 spiro atoms. The molecule has 1 amide bonds. The molecule has 1 atom stereocenters. The maximum Gasteiger partial charge on any atom is 0.412 e. The zero-order valence-corrected chi connectivity index (χ0v) is 10.6. The van der Waals surface area contributed by atoms with Crippen LogP contribution in [-0.4, -0.2) is 31.1 Å². The Hall–Kier alpha value is -1.33. The summed E-state index contributed by atoms with van der Waals surface area (Å²) in [5.74, 6) is -0.510. The number of likely N-dealkylation sites (N-methyl/N-ethyl adjacent to an activating group) is 1. The molecule has 4 nitrogen and oxygen atoms in total. The van der Waals surface area contributed by atoms with E-state index in [1.54, 1.807) is 6.07 Å². The average Bonchev–Trinajstić information content (AvgIpc) is 2.65. The van der Waals surface area contributed by atoms with Crippen molar-refractivity contribution in [2.45, 2.75) is 12.0 Å². The van der Waals surface area contributed by atoms with Gasteiger partial charge in [0.25, 0.3) is 0 Å². The first-order chi connectivity index (χ1) is 8.52.